The van der Waals surface area contributed by atoms with E-state index >= 15 is 0 Å². The molecule has 2 N–H and O–H groups in total. The summed E-state index contributed by atoms with van der Waals surface area (Å²) in [5.41, 5.74) is 0.129. The Hall–Kier alpha value is -3.05. The minimum Gasteiger partial charge on any atom is -0.496 e. The molecule has 0 radical (unpaired) electrons. The number of hydrogen-bond acceptors (Lipinski definition) is 5. The van der Waals surface area contributed by atoms with Crippen molar-refractivity contribution in [1.29, 1.82) is 0 Å². The number of methoxy groups -OCH3 is 1. The van der Waals surface area contributed by atoms with Gasteiger partial charge in [-0.2, -0.15) is 8.78 Å². The van der Waals surface area contributed by atoms with Crippen molar-refractivity contribution in [2.24, 2.45) is 5.92 Å². The van der Waals surface area contributed by atoms with Gasteiger partial charge in [-0.1, -0.05) is 11.6 Å². The van der Waals surface area contributed by atoms with E-state index in [1.165, 1.54) is 25.3 Å². The topological polar surface area (TPSA) is 93.7 Å². The molecule has 2 aromatic rings. The van der Waals surface area contributed by atoms with E-state index in [9.17, 15) is 31.9 Å². The highest BCUT2D eigenvalue weighted by molar-refractivity contribution is 6.31. The third kappa shape index (κ3) is 6.97. The molecule has 0 aromatic heterocycles. The van der Waals surface area contributed by atoms with Gasteiger partial charge in [0.1, 0.15) is 12.4 Å². The third-order valence-corrected chi connectivity index (χ3v) is 4.99. The smallest absolute Gasteiger partial charge is 0.255 e. The molecule has 2 rings (SSSR count). The Morgan fingerprint density at radius 3 is 2.26 bits per heavy atom. The van der Waals surface area contributed by atoms with Crippen LogP contribution < -0.4 is 20.1 Å². The van der Waals surface area contributed by atoms with Crippen molar-refractivity contribution in [3.8, 4) is 11.5 Å². The van der Waals surface area contributed by atoms with Gasteiger partial charge in [-0.15, -0.1) is 11.6 Å². The highest BCUT2D eigenvalue weighted by Gasteiger charge is 2.23. The van der Waals surface area contributed by atoms with Crippen molar-refractivity contribution in [3.63, 3.8) is 0 Å². The zero-order chi connectivity index (χ0) is 25.4. The number of benzene rings is 2. The summed E-state index contributed by atoms with van der Waals surface area (Å²) in [6, 6.07) is 4.39. The number of amides is 2. The molecule has 34 heavy (non-hydrogen) atoms. The van der Waals surface area contributed by atoms with E-state index in [1.807, 2.05) is 0 Å². The Morgan fingerprint density at radius 2 is 1.68 bits per heavy atom. The predicted molar refractivity (Wildman–Crippen MR) is 114 cm³/mol. The van der Waals surface area contributed by atoms with Crippen LogP contribution in [-0.2, 0) is 9.59 Å². The van der Waals surface area contributed by atoms with Gasteiger partial charge in [-0.3, -0.25) is 14.4 Å². The van der Waals surface area contributed by atoms with Crippen LogP contribution >= 0.6 is 23.2 Å². The van der Waals surface area contributed by atoms with Crippen LogP contribution in [-0.4, -0.2) is 50.3 Å². The average molecular weight is 525 g/mol. The number of nitrogens with one attached hydrogen (secondary N) is 2. The number of hydrogen-bond donors (Lipinski definition) is 2. The maximum Gasteiger partial charge on any atom is 0.255 e. The molecule has 184 valence electrons. The van der Waals surface area contributed by atoms with Crippen LogP contribution in [0.1, 0.15) is 10.4 Å². The highest BCUT2D eigenvalue weighted by atomic mass is 35.5. The van der Waals surface area contributed by atoms with Crippen LogP contribution in [0.4, 0.5) is 17.6 Å². The van der Waals surface area contributed by atoms with Gasteiger partial charge in [0.25, 0.3) is 5.91 Å². The molecule has 0 spiro atoms. The van der Waals surface area contributed by atoms with Crippen molar-refractivity contribution in [2.45, 2.75) is 0 Å². The van der Waals surface area contributed by atoms with Gasteiger partial charge >= 0.3 is 0 Å². The molecule has 1 unspecified atom stereocenters. The summed E-state index contributed by atoms with van der Waals surface area (Å²) in [6.45, 7) is -1.81. The molecule has 0 aliphatic rings. The number of carbonyl (C=O) groups excluding carboxylic acids is 3. The summed E-state index contributed by atoms with van der Waals surface area (Å²) in [7, 11) is 1.36. The lowest BCUT2D eigenvalue weighted by Crippen LogP contribution is -2.42. The molecule has 0 heterocycles. The van der Waals surface area contributed by atoms with Gasteiger partial charge < -0.3 is 20.1 Å². The van der Waals surface area contributed by atoms with Gasteiger partial charge in [0.2, 0.25) is 17.5 Å². The number of ketones is 1. The summed E-state index contributed by atoms with van der Waals surface area (Å²) in [5.74, 6) is -11.5. The summed E-state index contributed by atoms with van der Waals surface area (Å²) >= 11 is 11.7. The monoisotopic (exact) mass is 524 g/mol. The summed E-state index contributed by atoms with van der Waals surface area (Å²) < 4.78 is 63.1. The van der Waals surface area contributed by atoms with Crippen molar-refractivity contribution in [2.75, 3.05) is 32.7 Å². The Bertz CT molecular complexity index is 1060. The number of Topliss-reactive ketones (excluding diaryl/α,β-unsaturated/α-hetero) is 1. The zero-order valence-corrected chi connectivity index (χ0v) is 19.0. The lowest BCUT2D eigenvalue weighted by atomic mass is 10.1. The van der Waals surface area contributed by atoms with Gasteiger partial charge in [0.05, 0.1) is 25.1 Å². The first kappa shape index (κ1) is 27.2. The van der Waals surface area contributed by atoms with Crippen LogP contribution in [0.15, 0.2) is 24.3 Å². The van der Waals surface area contributed by atoms with E-state index < -0.39 is 65.7 Å². The molecule has 0 bridgehead atoms. The summed E-state index contributed by atoms with van der Waals surface area (Å²) in [5, 5.41) is 5.03. The van der Waals surface area contributed by atoms with E-state index in [0.717, 1.165) is 0 Å². The van der Waals surface area contributed by atoms with E-state index in [1.54, 1.807) is 0 Å². The quantitative estimate of drug-likeness (QED) is 0.267. The SMILES string of the molecule is COc1ccc(Cl)cc1C(=O)NCC(CCl)C(=O)NCC(=O)COc1c(F)c(F)cc(F)c1F. The normalized spacial score (nSPS) is 11.5. The fourth-order valence-corrected chi connectivity index (χ4v) is 3.02. The number of carbonyl (C=O) groups is 3. The van der Waals surface area contributed by atoms with Gasteiger partial charge in [-0.25, -0.2) is 8.78 Å². The molecular weight excluding hydrogens is 507 g/mol. The van der Waals surface area contributed by atoms with Crippen molar-refractivity contribution >= 4 is 40.8 Å². The third-order valence-electron chi connectivity index (χ3n) is 4.38. The molecule has 0 saturated carbocycles. The van der Waals surface area contributed by atoms with Crippen molar-refractivity contribution < 1.29 is 41.4 Å². The average Bonchev–Trinajstić information content (AvgIpc) is 2.81. The Balaban J connectivity index is 1.88. The maximum atomic E-state index is 13.5. The molecular formula is C21H18Cl2F4N2O5. The fraction of sp³-hybridized carbons (Fsp3) is 0.286. The summed E-state index contributed by atoms with van der Waals surface area (Å²) in [4.78, 5) is 36.5. The fourth-order valence-electron chi connectivity index (χ4n) is 2.60. The summed E-state index contributed by atoms with van der Waals surface area (Å²) in [6.07, 6.45) is 0. The van der Waals surface area contributed by atoms with Gasteiger partial charge in [-0.05, 0) is 18.2 Å². The van der Waals surface area contributed by atoms with Crippen LogP contribution in [0.2, 0.25) is 5.02 Å². The molecule has 2 aromatic carbocycles. The minimum atomic E-state index is -1.80. The van der Waals surface area contributed by atoms with E-state index in [4.69, 9.17) is 27.9 Å². The molecule has 0 saturated heterocycles. The number of ether oxygens (including phenoxy) is 2. The maximum absolute atomic E-state index is 13.5. The number of alkyl halides is 1. The van der Waals surface area contributed by atoms with Crippen LogP contribution in [0.3, 0.4) is 0 Å². The molecule has 13 heteroatoms. The van der Waals surface area contributed by atoms with Gasteiger partial charge in [0.15, 0.2) is 23.2 Å². The largest absolute Gasteiger partial charge is 0.496 e. The Kier molecular flexibility index (Phi) is 9.94. The first-order chi connectivity index (χ1) is 16.1. The van der Waals surface area contributed by atoms with Crippen LogP contribution in [0, 0.1) is 29.2 Å². The van der Waals surface area contributed by atoms with Gasteiger partial charge in [0, 0.05) is 23.5 Å². The number of halogens is 6. The lowest BCUT2D eigenvalue weighted by molar-refractivity contribution is -0.128. The molecule has 2 amide bonds. The standard InChI is InChI=1S/C21H18Cl2F4N2O5/c1-33-16-3-2-11(23)4-13(16)21(32)28-7-10(6-22)20(31)29-8-12(30)9-34-19-17(26)14(24)5-15(25)18(19)27/h2-5,10H,6-9H2,1H3,(H,28,32)(H,29,31). The molecule has 0 aliphatic heterocycles. The molecule has 7 nitrogen and oxygen atoms in total. The minimum absolute atomic E-state index is 0.00683. The van der Waals surface area contributed by atoms with E-state index in [2.05, 4.69) is 15.4 Å². The second-order valence-electron chi connectivity index (χ2n) is 6.75. The molecule has 0 fully saturated rings. The first-order valence-electron chi connectivity index (χ1n) is 9.51. The second kappa shape index (κ2) is 12.4. The Morgan fingerprint density at radius 1 is 1.03 bits per heavy atom. The molecule has 0 aliphatic carbocycles. The van der Waals surface area contributed by atoms with E-state index in [-0.39, 0.29) is 29.8 Å². The first-order valence-corrected chi connectivity index (χ1v) is 10.4. The molecule has 1 atom stereocenters. The Labute approximate surface area is 201 Å². The second-order valence-corrected chi connectivity index (χ2v) is 7.49. The van der Waals surface area contributed by atoms with Crippen molar-refractivity contribution in [3.05, 3.63) is 58.1 Å². The lowest BCUT2D eigenvalue weighted by Gasteiger charge is -2.16. The van der Waals surface area contributed by atoms with Crippen LogP contribution in [0.25, 0.3) is 0 Å². The van der Waals surface area contributed by atoms with Crippen LogP contribution in [0.5, 0.6) is 11.5 Å². The zero-order valence-electron chi connectivity index (χ0n) is 17.5. The van der Waals surface area contributed by atoms with E-state index in [0.29, 0.717) is 5.02 Å². The number of rotatable bonds is 11. The van der Waals surface area contributed by atoms with Crippen molar-refractivity contribution in [1.82, 2.24) is 10.6 Å². The highest BCUT2D eigenvalue weighted by Crippen LogP contribution is 2.26. The predicted octanol–water partition coefficient (Wildman–Crippen LogP) is 3.25.